The molecule has 7 nitrogen and oxygen atoms in total. The highest BCUT2D eigenvalue weighted by molar-refractivity contribution is 6.00. The van der Waals surface area contributed by atoms with E-state index in [-0.39, 0.29) is 47.1 Å². The van der Waals surface area contributed by atoms with E-state index in [0.29, 0.717) is 43.3 Å². The van der Waals surface area contributed by atoms with Crippen LogP contribution in [-0.4, -0.2) is 52.5 Å². The molecule has 0 bridgehead atoms. The van der Waals surface area contributed by atoms with Gasteiger partial charge in [0.2, 0.25) is 11.8 Å². The first-order valence-corrected chi connectivity index (χ1v) is 13.7. The molecule has 3 aromatic rings. The van der Waals surface area contributed by atoms with E-state index in [0.717, 1.165) is 16.8 Å². The number of methoxy groups -OCH3 is 1. The van der Waals surface area contributed by atoms with Gasteiger partial charge in [-0.2, -0.15) is 0 Å². The predicted molar refractivity (Wildman–Crippen MR) is 148 cm³/mol. The van der Waals surface area contributed by atoms with E-state index < -0.39 is 11.2 Å². The Bertz CT molecular complexity index is 1430. The zero-order chi connectivity index (χ0) is 28.1. The van der Waals surface area contributed by atoms with E-state index >= 15 is 4.39 Å². The number of aromatic amines is 1. The molecule has 5 rings (SSSR count). The van der Waals surface area contributed by atoms with Crippen LogP contribution >= 0.6 is 0 Å². The molecule has 2 amide bonds. The molecule has 1 saturated heterocycles. The van der Waals surface area contributed by atoms with Gasteiger partial charge >= 0.3 is 0 Å². The number of aromatic nitrogens is 1. The number of fused-ring (bicyclic) bond motifs is 4. The van der Waals surface area contributed by atoms with Crippen LogP contribution in [0.1, 0.15) is 69.7 Å². The maximum Gasteiger partial charge on any atom is 0.235 e. The molecule has 1 unspecified atom stereocenters. The normalized spacial score (nSPS) is 23.5. The highest BCUT2D eigenvalue weighted by Crippen LogP contribution is 2.55. The van der Waals surface area contributed by atoms with Crippen LogP contribution in [0.5, 0.6) is 11.5 Å². The summed E-state index contributed by atoms with van der Waals surface area (Å²) in [6.45, 7) is 9.19. The molecule has 39 heavy (non-hydrogen) atoms. The van der Waals surface area contributed by atoms with Gasteiger partial charge in [0.25, 0.3) is 0 Å². The summed E-state index contributed by atoms with van der Waals surface area (Å²) in [6, 6.07) is 10.4. The number of phenolic OH excluding ortho intramolecular Hbond substituents is 1. The molecule has 1 fully saturated rings. The second kappa shape index (κ2) is 9.97. The van der Waals surface area contributed by atoms with Gasteiger partial charge in [-0.1, -0.05) is 19.1 Å². The van der Waals surface area contributed by atoms with Crippen LogP contribution in [0.25, 0.3) is 10.9 Å². The van der Waals surface area contributed by atoms with Gasteiger partial charge in [0.05, 0.1) is 12.5 Å². The SMILES string of the molecule is COc1ccc2[nH]c3c(c2c1F)C[C@@]1(C)C(=O)N(CCCNC(C)(C)C)C(=O)CCC1[C@@H]3c1cccc(O)c1. The van der Waals surface area contributed by atoms with Crippen molar-refractivity contribution in [2.75, 3.05) is 20.2 Å². The summed E-state index contributed by atoms with van der Waals surface area (Å²) in [5.41, 5.74) is 2.01. The molecule has 3 atom stereocenters. The third-order valence-electron chi connectivity index (χ3n) is 8.45. The zero-order valence-corrected chi connectivity index (χ0v) is 23.4. The van der Waals surface area contributed by atoms with Crippen molar-refractivity contribution in [1.29, 1.82) is 0 Å². The highest BCUT2D eigenvalue weighted by atomic mass is 19.1. The van der Waals surface area contributed by atoms with Gasteiger partial charge in [-0.15, -0.1) is 0 Å². The third kappa shape index (κ3) is 4.80. The molecule has 2 heterocycles. The summed E-state index contributed by atoms with van der Waals surface area (Å²) in [7, 11) is 1.43. The lowest BCUT2D eigenvalue weighted by Crippen LogP contribution is -2.51. The van der Waals surface area contributed by atoms with Crippen LogP contribution in [0, 0.1) is 17.2 Å². The molecule has 0 saturated carbocycles. The molecule has 1 aromatic heterocycles. The van der Waals surface area contributed by atoms with Crippen molar-refractivity contribution in [1.82, 2.24) is 15.2 Å². The van der Waals surface area contributed by atoms with Gasteiger partial charge in [-0.25, -0.2) is 4.39 Å². The number of likely N-dealkylation sites (tertiary alicyclic amines) is 1. The molecule has 2 aliphatic rings. The van der Waals surface area contributed by atoms with E-state index in [1.54, 1.807) is 30.3 Å². The molecular weight excluding hydrogens is 497 g/mol. The monoisotopic (exact) mass is 535 g/mol. The summed E-state index contributed by atoms with van der Waals surface area (Å²) < 4.78 is 21.0. The molecule has 8 heteroatoms. The van der Waals surface area contributed by atoms with Crippen molar-refractivity contribution in [2.24, 2.45) is 11.3 Å². The molecule has 0 spiro atoms. The number of phenols is 1. The van der Waals surface area contributed by atoms with Crippen LogP contribution in [0.2, 0.25) is 0 Å². The van der Waals surface area contributed by atoms with E-state index in [9.17, 15) is 14.7 Å². The lowest BCUT2D eigenvalue weighted by Gasteiger charge is -2.45. The second-order valence-corrected chi connectivity index (χ2v) is 12.2. The number of carbonyl (C=O) groups is 2. The van der Waals surface area contributed by atoms with Crippen LogP contribution in [0.4, 0.5) is 4.39 Å². The van der Waals surface area contributed by atoms with Crippen LogP contribution in [0.15, 0.2) is 36.4 Å². The minimum atomic E-state index is -0.947. The average Bonchev–Trinajstić information content (AvgIpc) is 3.20. The third-order valence-corrected chi connectivity index (χ3v) is 8.45. The topological polar surface area (TPSA) is 94.7 Å². The minimum absolute atomic E-state index is 0.0570. The van der Waals surface area contributed by atoms with Crippen molar-refractivity contribution in [3.63, 3.8) is 0 Å². The summed E-state index contributed by atoms with van der Waals surface area (Å²) in [5, 5.41) is 14.2. The fraction of sp³-hybridized carbons (Fsp3) is 0.484. The van der Waals surface area contributed by atoms with Gasteiger partial charge < -0.3 is 20.1 Å². The quantitative estimate of drug-likeness (QED) is 0.296. The van der Waals surface area contributed by atoms with Crippen molar-refractivity contribution in [2.45, 2.75) is 64.8 Å². The fourth-order valence-electron chi connectivity index (χ4n) is 6.58. The van der Waals surface area contributed by atoms with Crippen molar-refractivity contribution in [3.8, 4) is 11.5 Å². The number of benzene rings is 2. The average molecular weight is 536 g/mol. The molecular formula is C31H38FN3O4. The molecule has 3 N–H and O–H groups in total. The van der Waals surface area contributed by atoms with Crippen molar-refractivity contribution >= 4 is 22.7 Å². The van der Waals surface area contributed by atoms with E-state index in [1.807, 2.05) is 13.0 Å². The standard InChI is InChI=1S/C31H38FN3O4/c1-30(2,3)33-14-7-15-35-24(37)13-10-21-25(18-8-6-9-19(36)16-18)28-20(17-31(21,4)29(35)38)26-22(34-28)11-12-23(39-5)27(26)32/h6,8-9,11-12,16,21,25,33-34,36H,7,10,13-15,17H2,1-5H3/t21?,25-,31+/m0/s1. The smallest absolute Gasteiger partial charge is 0.235 e. The van der Waals surface area contributed by atoms with Gasteiger partial charge in [-0.05, 0) is 87.9 Å². The Kier molecular flexibility index (Phi) is 6.95. The number of H-pyrrole nitrogens is 1. The van der Waals surface area contributed by atoms with Gasteiger partial charge in [0.1, 0.15) is 5.75 Å². The maximum atomic E-state index is 15.7. The summed E-state index contributed by atoms with van der Waals surface area (Å²) in [5.74, 6) is -1.13. The lowest BCUT2D eigenvalue weighted by molar-refractivity contribution is -0.151. The number of hydrogen-bond acceptors (Lipinski definition) is 5. The first kappa shape index (κ1) is 27.2. The molecule has 0 radical (unpaired) electrons. The Balaban J connectivity index is 1.62. The second-order valence-electron chi connectivity index (χ2n) is 12.2. The number of amides is 2. The Morgan fingerprint density at radius 1 is 1.23 bits per heavy atom. The van der Waals surface area contributed by atoms with Gasteiger partial charge in [-0.3, -0.25) is 14.5 Å². The predicted octanol–water partition coefficient (Wildman–Crippen LogP) is 5.26. The number of nitrogens with one attached hydrogen (secondary N) is 2. The van der Waals surface area contributed by atoms with E-state index in [4.69, 9.17) is 4.74 Å². The number of halogens is 1. The number of hydrogen-bond donors (Lipinski definition) is 3. The Hall–Kier alpha value is -3.39. The number of nitrogens with zero attached hydrogens (tertiary/aromatic N) is 1. The van der Waals surface area contributed by atoms with Gasteiger partial charge in [0.15, 0.2) is 11.6 Å². The number of rotatable bonds is 6. The molecule has 2 aromatic carbocycles. The number of carbonyl (C=O) groups excluding carboxylic acids is 2. The van der Waals surface area contributed by atoms with Crippen molar-refractivity contribution < 1.29 is 23.8 Å². The van der Waals surface area contributed by atoms with Crippen LogP contribution in [0.3, 0.4) is 0 Å². The van der Waals surface area contributed by atoms with E-state index in [2.05, 4.69) is 31.1 Å². The zero-order valence-electron chi connectivity index (χ0n) is 23.4. The lowest BCUT2D eigenvalue weighted by atomic mass is 9.59. The highest BCUT2D eigenvalue weighted by Gasteiger charge is 2.54. The Morgan fingerprint density at radius 2 is 2.00 bits per heavy atom. The first-order valence-electron chi connectivity index (χ1n) is 13.7. The summed E-state index contributed by atoms with van der Waals surface area (Å²) in [6.07, 6.45) is 1.72. The molecule has 1 aliphatic heterocycles. The molecule has 208 valence electrons. The Labute approximate surface area is 228 Å². The number of aromatic hydroxyl groups is 1. The maximum absolute atomic E-state index is 15.7. The minimum Gasteiger partial charge on any atom is -0.508 e. The largest absolute Gasteiger partial charge is 0.508 e. The number of imide groups is 1. The molecule has 1 aliphatic carbocycles. The van der Waals surface area contributed by atoms with Crippen LogP contribution in [-0.2, 0) is 16.0 Å². The summed E-state index contributed by atoms with van der Waals surface area (Å²) in [4.78, 5) is 32.5. The van der Waals surface area contributed by atoms with Gasteiger partial charge in [0, 0.05) is 41.0 Å². The first-order chi connectivity index (χ1) is 18.4. The van der Waals surface area contributed by atoms with Crippen molar-refractivity contribution in [3.05, 3.63) is 59.0 Å². The number of ether oxygens (including phenoxy) is 1. The fourth-order valence-corrected chi connectivity index (χ4v) is 6.58. The summed E-state index contributed by atoms with van der Waals surface area (Å²) >= 11 is 0. The van der Waals surface area contributed by atoms with Crippen LogP contribution < -0.4 is 10.1 Å². The Morgan fingerprint density at radius 3 is 2.69 bits per heavy atom. The van der Waals surface area contributed by atoms with E-state index in [1.165, 1.54) is 12.0 Å².